The van der Waals surface area contributed by atoms with Crippen LogP contribution in [0.1, 0.15) is 29.6 Å². The summed E-state index contributed by atoms with van der Waals surface area (Å²) in [7, 11) is -3.62. The Morgan fingerprint density at radius 3 is 2.32 bits per heavy atom. The van der Waals surface area contributed by atoms with Gasteiger partial charge in [0.2, 0.25) is 10.0 Å². The number of sulfonamides is 1. The number of halogens is 1. The second-order valence-corrected chi connectivity index (χ2v) is 8.30. The molecule has 0 aromatic heterocycles. The molecule has 10 heteroatoms. The minimum Gasteiger partial charge on any atom is -0.319 e. The lowest BCUT2D eigenvalue weighted by molar-refractivity contribution is -0.384. The first-order valence-electron chi connectivity index (χ1n) is 8.64. The normalized spacial score (nSPS) is 15.2. The average molecular weight is 407 g/mol. The quantitative estimate of drug-likeness (QED) is 0.605. The molecule has 0 spiro atoms. The minimum absolute atomic E-state index is 0.0764. The number of benzene rings is 2. The van der Waals surface area contributed by atoms with Crippen molar-refractivity contribution in [3.63, 3.8) is 0 Å². The van der Waals surface area contributed by atoms with Gasteiger partial charge in [-0.1, -0.05) is 6.42 Å². The van der Waals surface area contributed by atoms with Gasteiger partial charge in [-0.05, 0) is 43.2 Å². The molecule has 8 nitrogen and oxygen atoms in total. The Morgan fingerprint density at radius 1 is 1.07 bits per heavy atom. The highest BCUT2D eigenvalue weighted by molar-refractivity contribution is 7.89. The molecule has 28 heavy (non-hydrogen) atoms. The van der Waals surface area contributed by atoms with Gasteiger partial charge in [-0.3, -0.25) is 14.9 Å². The van der Waals surface area contributed by atoms with Gasteiger partial charge in [0.15, 0.2) is 0 Å². The first-order valence-corrected chi connectivity index (χ1v) is 10.1. The molecule has 0 aliphatic carbocycles. The van der Waals surface area contributed by atoms with E-state index in [0.29, 0.717) is 13.1 Å². The SMILES string of the molecule is O=C(Nc1cc([N+](=O)[O-])ccc1F)c1ccc(S(=O)(=O)N2CCCCC2)cc1. The number of amides is 1. The van der Waals surface area contributed by atoms with Crippen LogP contribution >= 0.6 is 0 Å². The molecule has 1 N–H and O–H groups in total. The Balaban J connectivity index is 1.77. The number of nitro groups is 1. The van der Waals surface area contributed by atoms with E-state index in [1.165, 1.54) is 28.6 Å². The van der Waals surface area contributed by atoms with E-state index >= 15 is 0 Å². The molecular weight excluding hydrogens is 389 g/mol. The van der Waals surface area contributed by atoms with E-state index in [2.05, 4.69) is 5.32 Å². The topological polar surface area (TPSA) is 110 Å². The number of carbonyl (C=O) groups excluding carboxylic acids is 1. The number of rotatable bonds is 5. The molecule has 3 rings (SSSR count). The van der Waals surface area contributed by atoms with Crippen LogP contribution < -0.4 is 5.32 Å². The summed E-state index contributed by atoms with van der Waals surface area (Å²) in [6.07, 6.45) is 2.63. The largest absolute Gasteiger partial charge is 0.319 e. The number of carbonyl (C=O) groups is 1. The smallest absolute Gasteiger partial charge is 0.271 e. The number of anilines is 1. The summed E-state index contributed by atoms with van der Waals surface area (Å²) in [4.78, 5) is 22.5. The summed E-state index contributed by atoms with van der Waals surface area (Å²) < 4.78 is 40.5. The third kappa shape index (κ3) is 4.18. The van der Waals surface area contributed by atoms with Crippen LogP contribution in [0.25, 0.3) is 0 Å². The van der Waals surface area contributed by atoms with Crippen LogP contribution in [0.15, 0.2) is 47.4 Å². The van der Waals surface area contributed by atoms with E-state index < -0.39 is 26.7 Å². The van der Waals surface area contributed by atoms with Crippen LogP contribution in [0.5, 0.6) is 0 Å². The third-order valence-electron chi connectivity index (χ3n) is 4.48. The van der Waals surface area contributed by atoms with Crippen LogP contribution in [0.2, 0.25) is 0 Å². The summed E-state index contributed by atoms with van der Waals surface area (Å²) in [6, 6.07) is 8.09. The number of nitro benzene ring substituents is 1. The van der Waals surface area contributed by atoms with Crippen molar-refractivity contribution in [3.8, 4) is 0 Å². The number of nitrogens with zero attached hydrogens (tertiary/aromatic N) is 2. The van der Waals surface area contributed by atoms with Crippen molar-refractivity contribution in [2.45, 2.75) is 24.2 Å². The predicted octanol–water partition coefficient (Wildman–Crippen LogP) is 3.16. The summed E-state index contributed by atoms with van der Waals surface area (Å²) >= 11 is 0. The maximum Gasteiger partial charge on any atom is 0.271 e. The lowest BCUT2D eigenvalue weighted by Gasteiger charge is -2.25. The molecule has 1 fully saturated rings. The highest BCUT2D eigenvalue weighted by Crippen LogP contribution is 2.23. The van der Waals surface area contributed by atoms with E-state index in [-0.39, 0.29) is 21.8 Å². The second kappa shape index (κ2) is 8.03. The zero-order valence-corrected chi connectivity index (χ0v) is 15.6. The fraction of sp³-hybridized carbons (Fsp3) is 0.278. The zero-order valence-electron chi connectivity index (χ0n) is 14.8. The van der Waals surface area contributed by atoms with Gasteiger partial charge in [0.1, 0.15) is 5.82 Å². The van der Waals surface area contributed by atoms with Gasteiger partial charge in [0.05, 0.1) is 15.5 Å². The number of hydrogen-bond donors (Lipinski definition) is 1. The first-order chi connectivity index (χ1) is 13.3. The maximum absolute atomic E-state index is 13.8. The van der Waals surface area contributed by atoms with E-state index in [1.54, 1.807) is 0 Å². The Kier molecular flexibility index (Phi) is 5.71. The Bertz CT molecular complexity index is 1000. The molecule has 1 heterocycles. The predicted molar refractivity (Wildman–Crippen MR) is 100 cm³/mol. The molecule has 148 valence electrons. The van der Waals surface area contributed by atoms with Crippen LogP contribution in [0.4, 0.5) is 15.8 Å². The standard InChI is InChI=1S/C18H18FN3O5S/c19-16-9-6-14(22(24)25)12-17(16)20-18(23)13-4-7-15(8-5-13)28(26,27)21-10-2-1-3-11-21/h4-9,12H,1-3,10-11H2,(H,20,23). The van der Waals surface area contributed by atoms with Crippen LogP contribution in [0, 0.1) is 15.9 Å². The number of piperidine rings is 1. The summed E-state index contributed by atoms with van der Waals surface area (Å²) in [5, 5.41) is 13.1. The van der Waals surface area contributed by atoms with Crippen LogP contribution in [0.3, 0.4) is 0 Å². The molecule has 0 unspecified atom stereocenters. The van der Waals surface area contributed by atoms with E-state index in [0.717, 1.165) is 37.5 Å². The van der Waals surface area contributed by atoms with Gasteiger partial charge in [-0.25, -0.2) is 12.8 Å². The summed E-state index contributed by atoms with van der Waals surface area (Å²) in [6.45, 7) is 0.938. The fourth-order valence-corrected chi connectivity index (χ4v) is 4.47. The number of hydrogen-bond acceptors (Lipinski definition) is 5. The zero-order chi connectivity index (χ0) is 20.3. The molecule has 2 aromatic carbocycles. The second-order valence-electron chi connectivity index (χ2n) is 6.36. The van der Waals surface area contributed by atoms with Gasteiger partial charge in [-0.15, -0.1) is 0 Å². The lowest BCUT2D eigenvalue weighted by atomic mass is 10.2. The van der Waals surface area contributed by atoms with Crippen molar-refractivity contribution in [2.75, 3.05) is 18.4 Å². The van der Waals surface area contributed by atoms with Gasteiger partial charge in [0, 0.05) is 30.8 Å². The molecule has 0 bridgehead atoms. The Morgan fingerprint density at radius 2 is 1.71 bits per heavy atom. The van der Waals surface area contributed by atoms with E-state index in [1.807, 2.05) is 0 Å². The number of non-ortho nitro benzene ring substituents is 1. The minimum atomic E-state index is -3.62. The molecule has 1 saturated heterocycles. The molecule has 1 aliphatic rings. The van der Waals surface area contributed by atoms with E-state index in [4.69, 9.17) is 0 Å². The highest BCUT2D eigenvalue weighted by Gasteiger charge is 2.26. The van der Waals surface area contributed by atoms with Crippen molar-refractivity contribution < 1.29 is 22.5 Å². The van der Waals surface area contributed by atoms with Crippen LogP contribution in [-0.4, -0.2) is 36.6 Å². The van der Waals surface area contributed by atoms with Gasteiger partial charge < -0.3 is 5.32 Å². The fourth-order valence-electron chi connectivity index (χ4n) is 2.95. The van der Waals surface area contributed by atoms with Gasteiger partial charge in [-0.2, -0.15) is 4.31 Å². The van der Waals surface area contributed by atoms with Gasteiger partial charge >= 0.3 is 0 Å². The molecular formula is C18H18FN3O5S. The van der Waals surface area contributed by atoms with Crippen molar-refractivity contribution in [2.24, 2.45) is 0 Å². The highest BCUT2D eigenvalue weighted by atomic mass is 32.2. The summed E-state index contributed by atoms with van der Waals surface area (Å²) in [5.74, 6) is -1.52. The van der Waals surface area contributed by atoms with Crippen molar-refractivity contribution in [3.05, 3.63) is 64.0 Å². The molecule has 0 saturated carbocycles. The first kappa shape index (κ1) is 19.9. The molecule has 0 atom stereocenters. The molecule has 0 radical (unpaired) electrons. The lowest BCUT2D eigenvalue weighted by Crippen LogP contribution is -2.35. The molecule has 2 aromatic rings. The van der Waals surface area contributed by atoms with Crippen molar-refractivity contribution in [1.82, 2.24) is 4.31 Å². The number of nitrogens with one attached hydrogen (secondary N) is 1. The monoisotopic (exact) mass is 407 g/mol. The Hall–Kier alpha value is -2.85. The van der Waals surface area contributed by atoms with Crippen LogP contribution in [-0.2, 0) is 10.0 Å². The average Bonchev–Trinajstić information content (AvgIpc) is 2.70. The maximum atomic E-state index is 13.8. The van der Waals surface area contributed by atoms with Gasteiger partial charge in [0.25, 0.3) is 11.6 Å². The van der Waals surface area contributed by atoms with Crippen molar-refractivity contribution >= 4 is 27.3 Å². The Labute approximate surface area is 161 Å². The third-order valence-corrected chi connectivity index (χ3v) is 6.39. The van der Waals surface area contributed by atoms with E-state index in [9.17, 15) is 27.7 Å². The molecule has 1 aliphatic heterocycles. The summed E-state index contributed by atoms with van der Waals surface area (Å²) in [5.41, 5.74) is -0.590. The van der Waals surface area contributed by atoms with Crippen molar-refractivity contribution in [1.29, 1.82) is 0 Å². The molecule has 1 amide bonds.